The lowest BCUT2D eigenvalue weighted by atomic mass is 10.0. The van der Waals surface area contributed by atoms with Crippen LogP contribution in [0.3, 0.4) is 0 Å². The monoisotopic (exact) mass is 398 g/mol. The number of aryl methyl sites for hydroxylation is 1. The van der Waals surface area contributed by atoms with Crippen molar-refractivity contribution in [3.63, 3.8) is 0 Å². The Morgan fingerprint density at radius 1 is 1.03 bits per heavy atom. The van der Waals surface area contributed by atoms with Gasteiger partial charge in [0.25, 0.3) is 0 Å². The van der Waals surface area contributed by atoms with Gasteiger partial charge in [-0.15, -0.1) is 0 Å². The highest BCUT2D eigenvalue weighted by atomic mass is 16.5. The van der Waals surface area contributed by atoms with Gasteiger partial charge in [-0.2, -0.15) is 0 Å². The van der Waals surface area contributed by atoms with Crippen molar-refractivity contribution in [1.82, 2.24) is 0 Å². The molecule has 2 aromatic rings. The molecule has 29 heavy (non-hydrogen) atoms. The third-order valence-electron chi connectivity index (χ3n) is 5.05. The Hall–Kier alpha value is -3.22. The molecule has 7 nitrogen and oxygen atoms in total. The Morgan fingerprint density at radius 3 is 2.28 bits per heavy atom. The lowest BCUT2D eigenvalue weighted by Gasteiger charge is -2.31. The summed E-state index contributed by atoms with van der Waals surface area (Å²) in [5.74, 6) is 0.880. The lowest BCUT2D eigenvalue weighted by molar-refractivity contribution is -0.121. The highest BCUT2D eigenvalue weighted by Gasteiger charge is 2.26. The lowest BCUT2D eigenvalue weighted by Crippen LogP contribution is -2.44. The van der Waals surface area contributed by atoms with Gasteiger partial charge in [-0.3, -0.25) is 9.59 Å². The average Bonchev–Trinajstić information content (AvgIpc) is 2.75. The molecule has 3 rings (SSSR count). The van der Waals surface area contributed by atoms with Crippen molar-refractivity contribution < 1.29 is 23.8 Å². The summed E-state index contributed by atoms with van der Waals surface area (Å²) < 4.78 is 16.1. The summed E-state index contributed by atoms with van der Waals surface area (Å²) in [6.45, 7) is 1.99. The van der Waals surface area contributed by atoms with E-state index in [1.807, 2.05) is 24.3 Å². The summed E-state index contributed by atoms with van der Waals surface area (Å²) >= 11 is 0. The van der Waals surface area contributed by atoms with E-state index in [4.69, 9.17) is 14.2 Å². The number of carbonyl (C=O) groups excluding carboxylic acids is 2. The number of hydrogen-bond acceptors (Lipinski definition) is 5. The van der Waals surface area contributed by atoms with Gasteiger partial charge in [-0.25, -0.2) is 0 Å². The first-order chi connectivity index (χ1) is 14.0. The summed E-state index contributed by atoms with van der Waals surface area (Å²) in [5.41, 5.74) is 2.57. The number of para-hydroxylation sites is 1. The number of hydrogen-bond donors (Lipinski definition) is 0. The van der Waals surface area contributed by atoms with Gasteiger partial charge in [0, 0.05) is 31.3 Å². The third-order valence-corrected chi connectivity index (χ3v) is 5.05. The van der Waals surface area contributed by atoms with Gasteiger partial charge in [-0.05, 0) is 24.5 Å². The molecule has 0 aromatic heterocycles. The molecule has 0 fully saturated rings. The summed E-state index contributed by atoms with van der Waals surface area (Å²) in [5, 5.41) is 0. The number of rotatable bonds is 6. The minimum Gasteiger partial charge on any atom is -0.493 e. The molecule has 0 unspecified atom stereocenters. The Kier molecular flexibility index (Phi) is 6.26. The second kappa shape index (κ2) is 8.86. The molecule has 154 valence electrons. The van der Waals surface area contributed by atoms with Crippen LogP contribution in [-0.4, -0.2) is 46.2 Å². The molecule has 0 radical (unpaired) electrons. The molecule has 1 aliphatic heterocycles. The second-order valence-electron chi connectivity index (χ2n) is 6.77. The fourth-order valence-corrected chi connectivity index (χ4v) is 3.62. The predicted octanol–water partition coefficient (Wildman–Crippen LogP) is 3.04. The van der Waals surface area contributed by atoms with E-state index in [2.05, 4.69) is 0 Å². The van der Waals surface area contributed by atoms with Gasteiger partial charge >= 0.3 is 0 Å². The van der Waals surface area contributed by atoms with Crippen molar-refractivity contribution in [2.75, 3.05) is 44.2 Å². The van der Waals surface area contributed by atoms with Crippen LogP contribution in [0.5, 0.6) is 17.2 Å². The number of benzene rings is 2. The zero-order valence-electron chi connectivity index (χ0n) is 17.2. The minimum absolute atomic E-state index is 0.0810. The van der Waals surface area contributed by atoms with Crippen LogP contribution < -0.4 is 24.0 Å². The van der Waals surface area contributed by atoms with Crippen molar-refractivity contribution in [2.45, 2.75) is 19.8 Å². The number of methoxy groups -OCH3 is 3. The first-order valence-corrected chi connectivity index (χ1v) is 9.46. The van der Waals surface area contributed by atoms with E-state index in [1.165, 1.54) is 33.2 Å². The van der Waals surface area contributed by atoms with Crippen LogP contribution in [-0.2, 0) is 16.0 Å². The molecule has 7 heteroatoms. The van der Waals surface area contributed by atoms with Crippen LogP contribution in [0.15, 0.2) is 36.4 Å². The van der Waals surface area contributed by atoms with Crippen molar-refractivity contribution in [3.8, 4) is 17.2 Å². The topological polar surface area (TPSA) is 68.3 Å². The van der Waals surface area contributed by atoms with Crippen molar-refractivity contribution >= 4 is 23.2 Å². The van der Waals surface area contributed by atoms with E-state index in [-0.39, 0.29) is 18.4 Å². The number of amides is 2. The van der Waals surface area contributed by atoms with Crippen molar-refractivity contribution in [1.29, 1.82) is 0 Å². The predicted molar refractivity (Wildman–Crippen MR) is 111 cm³/mol. The van der Waals surface area contributed by atoms with Gasteiger partial charge in [0.1, 0.15) is 6.54 Å². The molecule has 0 N–H and O–H groups in total. The summed E-state index contributed by atoms with van der Waals surface area (Å²) in [4.78, 5) is 28.7. The molecule has 1 aliphatic rings. The molecule has 0 saturated heterocycles. The standard InChI is InChI=1S/C22H26N2O5/c1-15(25)24(17-12-19(27-2)22(29-4)20(13-17)28-3)14-21(26)23-11-7-9-16-8-5-6-10-18(16)23/h5-6,8,10,12-13H,7,9,11,14H2,1-4H3. The van der Waals surface area contributed by atoms with E-state index in [0.717, 1.165) is 24.1 Å². The molecule has 0 bridgehead atoms. The van der Waals surface area contributed by atoms with Crippen LogP contribution in [0, 0.1) is 0 Å². The van der Waals surface area contributed by atoms with Crippen LogP contribution in [0.25, 0.3) is 0 Å². The van der Waals surface area contributed by atoms with Crippen LogP contribution in [0.1, 0.15) is 18.9 Å². The van der Waals surface area contributed by atoms with Crippen molar-refractivity contribution in [2.24, 2.45) is 0 Å². The fourth-order valence-electron chi connectivity index (χ4n) is 3.62. The van der Waals surface area contributed by atoms with Gasteiger partial charge in [0.15, 0.2) is 11.5 Å². The van der Waals surface area contributed by atoms with Gasteiger partial charge in [0.2, 0.25) is 17.6 Å². The van der Waals surface area contributed by atoms with Crippen LogP contribution in [0.2, 0.25) is 0 Å². The summed E-state index contributed by atoms with van der Waals surface area (Å²) in [6.07, 6.45) is 1.84. The smallest absolute Gasteiger partial charge is 0.247 e. The minimum atomic E-state index is -0.252. The highest BCUT2D eigenvalue weighted by molar-refractivity contribution is 6.03. The largest absolute Gasteiger partial charge is 0.493 e. The zero-order chi connectivity index (χ0) is 21.0. The summed E-state index contributed by atoms with van der Waals surface area (Å²) in [6, 6.07) is 11.2. The SMILES string of the molecule is COc1cc(N(CC(=O)N2CCCc3ccccc32)C(C)=O)cc(OC)c1OC. The van der Waals surface area contributed by atoms with E-state index in [9.17, 15) is 9.59 Å². The van der Waals surface area contributed by atoms with Crippen LogP contribution in [0.4, 0.5) is 11.4 Å². The quantitative estimate of drug-likeness (QED) is 0.748. The normalized spacial score (nSPS) is 12.8. The number of carbonyl (C=O) groups is 2. The Morgan fingerprint density at radius 2 is 1.69 bits per heavy atom. The van der Waals surface area contributed by atoms with E-state index >= 15 is 0 Å². The molecular formula is C22H26N2O5. The highest BCUT2D eigenvalue weighted by Crippen LogP contribution is 2.41. The first-order valence-electron chi connectivity index (χ1n) is 9.46. The fraction of sp³-hybridized carbons (Fsp3) is 0.364. The molecule has 0 atom stereocenters. The Balaban J connectivity index is 1.92. The van der Waals surface area contributed by atoms with E-state index < -0.39 is 0 Å². The molecule has 0 saturated carbocycles. The van der Waals surface area contributed by atoms with Gasteiger partial charge in [-0.1, -0.05) is 18.2 Å². The molecule has 2 aromatic carbocycles. The van der Waals surface area contributed by atoms with Gasteiger partial charge in [0.05, 0.1) is 27.0 Å². The number of ether oxygens (including phenoxy) is 3. The molecule has 0 spiro atoms. The molecule has 2 amide bonds. The molecular weight excluding hydrogens is 372 g/mol. The number of fused-ring (bicyclic) bond motifs is 1. The Labute approximate surface area is 170 Å². The average molecular weight is 398 g/mol. The maximum absolute atomic E-state index is 13.1. The molecule has 1 heterocycles. The third kappa shape index (κ3) is 4.13. The maximum atomic E-state index is 13.1. The van der Waals surface area contributed by atoms with Crippen molar-refractivity contribution in [3.05, 3.63) is 42.0 Å². The number of anilines is 2. The second-order valence-corrected chi connectivity index (χ2v) is 6.77. The zero-order valence-corrected chi connectivity index (χ0v) is 17.2. The number of nitrogens with zero attached hydrogens (tertiary/aromatic N) is 2. The maximum Gasteiger partial charge on any atom is 0.247 e. The first kappa shape index (κ1) is 20.5. The van der Waals surface area contributed by atoms with E-state index in [1.54, 1.807) is 17.0 Å². The molecule has 0 aliphatic carbocycles. The van der Waals surface area contributed by atoms with Gasteiger partial charge < -0.3 is 24.0 Å². The van der Waals surface area contributed by atoms with Crippen LogP contribution >= 0.6 is 0 Å². The van der Waals surface area contributed by atoms with E-state index in [0.29, 0.717) is 29.5 Å². The summed E-state index contributed by atoms with van der Waals surface area (Å²) in [7, 11) is 4.53. The Bertz CT molecular complexity index is 887.